The Balaban J connectivity index is 1.61. The van der Waals surface area contributed by atoms with Gasteiger partial charge in [-0.1, -0.05) is 0 Å². The Morgan fingerprint density at radius 2 is 2.17 bits per heavy atom. The van der Waals surface area contributed by atoms with E-state index in [0.717, 1.165) is 68.9 Å². The molecule has 1 atom stereocenters. The number of rotatable bonds is 2. The molecular weight excluding hydrogens is 364 g/mol. The second-order valence-corrected chi connectivity index (χ2v) is 8.50. The van der Waals surface area contributed by atoms with Gasteiger partial charge in [0.2, 0.25) is 5.91 Å². The number of piperidine rings is 1. The molecule has 2 saturated heterocycles. The normalized spacial score (nSPS) is 23.6. The molecule has 0 radical (unpaired) electrons. The molecule has 3 aliphatic rings. The van der Waals surface area contributed by atoms with Crippen molar-refractivity contribution in [3.05, 3.63) is 35.8 Å². The van der Waals surface area contributed by atoms with Crippen molar-refractivity contribution in [2.75, 3.05) is 31.1 Å². The van der Waals surface area contributed by atoms with Crippen LogP contribution >= 0.6 is 0 Å². The molecular formula is C22H24N6O. The number of hydrogen-bond donors (Lipinski definition) is 0. The Kier molecular flexibility index (Phi) is 4.23. The molecule has 0 saturated carbocycles. The zero-order chi connectivity index (χ0) is 20.0. The van der Waals surface area contributed by atoms with Crippen LogP contribution in [0.5, 0.6) is 0 Å². The molecule has 1 unspecified atom stereocenters. The van der Waals surface area contributed by atoms with Crippen LogP contribution in [0, 0.1) is 17.2 Å². The number of amides is 1. The highest BCUT2D eigenvalue weighted by Gasteiger charge is 2.46. The van der Waals surface area contributed by atoms with E-state index in [0.29, 0.717) is 5.82 Å². The van der Waals surface area contributed by atoms with E-state index in [-0.39, 0.29) is 17.2 Å². The third-order valence-electron chi connectivity index (χ3n) is 6.65. The second-order valence-electron chi connectivity index (χ2n) is 8.50. The van der Waals surface area contributed by atoms with E-state index in [1.165, 1.54) is 5.56 Å². The number of aromatic nitrogens is 3. The van der Waals surface area contributed by atoms with Crippen LogP contribution < -0.4 is 4.90 Å². The number of pyridine rings is 1. The van der Waals surface area contributed by atoms with Crippen molar-refractivity contribution < 1.29 is 4.79 Å². The SMILES string of the molecule is CC(=O)N1CCCC2(CCc3c(N4CC(C#N)C4)nc(-c4cccnc4)nc32)C1. The molecule has 5 rings (SSSR count). The van der Waals surface area contributed by atoms with Crippen LogP contribution in [0.4, 0.5) is 5.82 Å². The van der Waals surface area contributed by atoms with Crippen molar-refractivity contribution in [2.45, 2.75) is 38.0 Å². The van der Waals surface area contributed by atoms with E-state index in [4.69, 9.17) is 9.97 Å². The Bertz CT molecular complexity index is 994. The Morgan fingerprint density at radius 3 is 2.90 bits per heavy atom. The van der Waals surface area contributed by atoms with E-state index in [1.54, 1.807) is 19.3 Å². The second kappa shape index (κ2) is 6.80. The fraction of sp³-hybridized carbons (Fsp3) is 0.500. The number of nitriles is 1. The Hall–Kier alpha value is -3.01. The van der Waals surface area contributed by atoms with Crippen LogP contribution in [0.1, 0.15) is 37.4 Å². The molecule has 7 heteroatoms. The molecule has 2 aromatic heterocycles. The summed E-state index contributed by atoms with van der Waals surface area (Å²) in [6.07, 6.45) is 7.52. The summed E-state index contributed by atoms with van der Waals surface area (Å²) in [4.78, 5) is 30.5. The van der Waals surface area contributed by atoms with Crippen LogP contribution in [0.25, 0.3) is 11.4 Å². The summed E-state index contributed by atoms with van der Waals surface area (Å²) in [7, 11) is 0. The van der Waals surface area contributed by atoms with Gasteiger partial charge in [0, 0.05) is 62.0 Å². The van der Waals surface area contributed by atoms with Crippen molar-refractivity contribution in [3.63, 3.8) is 0 Å². The highest BCUT2D eigenvalue weighted by Crippen LogP contribution is 2.47. The summed E-state index contributed by atoms with van der Waals surface area (Å²) >= 11 is 0. The smallest absolute Gasteiger partial charge is 0.219 e. The highest BCUT2D eigenvalue weighted by molar-refractivity contribution is 5.73. The summed E-state index contributed by atoms with van der Waals surface area (Å²) in [5.41, 5.74) is 3.12. The lowest BCUT2D eigenvalue weighted by Crippen LogP contribution is -2.48. The van der Waals surface area contributed by atoms with E-state index in [2.05, 4.69) is 16.0 Å². The van der Waals surface area contributed by atoms with Gasteiger partial charge in [0.15, 0.2) is 5.82 Å². The van der Waals surface area contributed by atoms with Gasteiger partial charge in [-0.25, -0.2) is 9.97 Å². The average molecular weight is 388 g/mol. The molecule has 4 heterocycles. The maximum atomic E-state index is 12.1. The van der Waals surface area contributed by atoms with Crippen LogP contribution in [0.15, 0.2) is 24.5 Å². The fourth-order valence-electron chi connectivity index (χ4n) is 5.04. The average Bonchev–Trinajstić information content (AvgIpc) is 3.05. The maximum Gasteiger partial charge on any atom is 0.219 e. The van der Waals surface area contributed by atoms with E-state index < -0.39 is 0 Å². The highest BCUT2D eigenvalue weighted by atomic mass is 16.2. The molecule has 2 aliphatic heterocycles. The van der Waals surface area contributed by atoms with Gasteiger partial charge in [-0.2, -0.15) is 5.26 Å². The van der Waals surface area contributed by atoms with E-state index in [1.807, 2.05) is 17.0 Å². The molecule has 1 aliphatic carbocycles. The number of carbonyl (C=O) groups is 1. The molecule has 7 nitrogen and oxygen atoms in total. The number of hydrogen-bond acceptors (Lipinski definition) is 6. The first-order valence-corrected chi connectivity index (χ1v) is 10.3. The van der Waals surface area contributed by atoms with Gasteiger partial charge in [-0.3, -0.25) is 9.78 Å². The van der Waals surface area contributed by atoms with Crippen LogP contribution in [0.2, 0.25) is 0 Å². The first-order chi connectivity index (χ1) is 14.1. The predicted molar refractivity (Wildman–Crippen MR) is 108 cm³/mol. The monoisotopic (exact) mass is 388 g/mol. The first-order valence-electron chi connectivity index (χ1n) is 10.3. The molecule has 2 aromatic rings. The molecule has 1 spiro atoms. The number of likely N-dealkylation sites (tertiary alicyclic amines) is 1. The molecule has 29 heavy (non-hydrogen) atoms. The first kappa shape index (κ1) is 18.0. The number of carbonyl (C=O) groups excluding carboxylic acids is 1. The molecule has 0 aromatic carbocycles. The molecule has 148 valence electrons. The Labute approximate surface area is 170 Å². The molecule has 0 bridgehead atoms. The van der Waals surface area contributed by atoms with Gasteiger partial charge in [0.05, 0.1) is 17.7 Å². The predicted octanol–water partition coefficient (Wildman–Crippen LogP) is 2.32. The zero-order valence-corrected chi connectivity index (χ0v) is 16.6. The van der Waals surface area contributed by atoms with Gasteiger partial charge in [-0.15, -0.1) is 0 Å². The lowest BCUT2D eigenvalue weighted by atomic mass is 9.77. The lowest BCUT2D eigenvalue weighted by Gasteiger charge is -2.41. The molecule has 2 fully saturated rings. The minimum absolute atomic E-state index is 0.0701. The minimum atomic E-state index is -0.0899. The summed E-state index contributed by atoms with van der Waals surface area (Å²) < 4.78 is 0. The third kappa shape index (κ3) is 2.94. The van der Waals surface area contributed by atoms with Crippen LogP contribution in [0.3, 0.4) is 0 Å². The van der Waals surface area contributed by atoms with Gasteiger partial charge in [0.1, 0.15) is 5.82 Å². The van der Waals surface area contributed by atoms with Crippen molar-refractivity contribution in [1.29, 1.82) is 5.26 Å². The fourth-order valence-corrected chi connectivity index (χ4v) is 5.04. The van der Waals surface area contributed by atoms with E-state index >= 15 is 0 Å². The summed E-state index contributed by atoms with van der Waals surface area (Å²) in [6, 6.07) is 6.23. The van der Waals surface area contributed by atoms with Crippen LogP contribution in [-0.4, -0.2) is 51.9 Å². The van der Waals surface area contributed by atoms with E-state index in [9.17, 15) is 10.1 Å². The van der Waals surface area contributed by atoms with Crippen molar-refractivity contribution >= 4 is 11.7 Å². The van der Waals surface area contributed by atoms with Crippen molar-refractivity contribution in [1.82, 2.24) is 19.9 Å². The summed E-state index contributed by atoms with van der Waals surface area (Å²) in [5, 5.41) is 9.20. The third-order valence-corrected chi connectivity index (χ3v) is 6.65. The Morgan fingerprint density at radius 1 is 1.31 bits per heavy atom. The summed E-state index contributed by atoms with van der Waals surface area (Å²) in [5.74, 6) is 1.87. The largest absolute Gasteiger partial charge is 0.353 e. The zero-order valence-electron chi connectivity index (χ0n) is 16.6. The van der Waals surface area contributed by atoms with Crippen molar-refractivity contribution in [2.24, 2.45) is 5.92 Å². The topological polar surface area (TPSA) is 86.0 Å². The molecule has 1 amide bonds. The quantitative estimate of drug-likeness (QED) is 0.785. The number of anilines is 1. The molecule has 0 N–H and O–H groups in total. The minimum Gasteiger partial charge on any atom is -0.353 e. The number of fused-ring (bicyclic) bond motifs is 2. The van der Waals surface area contributed by atoms with Gasteiger partial charge < -0.3 is 9.80 Å². The van der Waals surface area contributed by atoms with Gasteiger partial charge in [0.25, 0.3) is 0 Å². The lowest BCUT2D eigenvalue weighted by molar-refractivity contribution is -0.131. The standard InChI is InChI=1S/C22H24N6O/c1-15(29)27-9-3-6-22(14-27)7-5-18-19(22)25-20(17-4-2-8-24-11-17)26-21(18)28-12-16(10-23)13-28/h2,4,8,11,16H,3,5-7,9,12-14H2,1H3. The maximum absolute atomic E-state index is 12.1. The number of nitrogens with zero attached hydrogens (tertiary/aromatic N) is 6. The summed E-state index contributed by atoms with van der Waals surface area (Å²) in [6.45, 7) is 4.66. The van der Waals surface area contributed by atoms with Crippen LogP contribution in [-0.2, 0) is 16.6 Å². The van der Waals surface area contributed by atoms with Gasteiger partial charge in [-0.05, 0) is 37.8 Å². The van der Waals surface area contributed by atoms with Gasteiger partial charge >= 0.3 is 0 Å². The van der Waals surface area contributed by atoms with Crippen molar-refractivity contribution in [3.8, 4) is 17.5 Å².